The maximum absolute atomic E-state index is 9.73. The van der Waals surface area contributed by atoms with E-state index in [2.05, 4.69) is 37.0 Å². The monoisotopic (exact) mass is 407 g/mol. The molecule has 106 valence electrons. The average Bonchev–Trinajstić information content (AvgIpc) is 2.91. The van der Waals surface area contributed by atoms with Gasteiger partial charge in [-0.3, -0.25) is 0 Å². The highest BCUT2D eigenvalue weighted by molar-refractivity contribution is 9.10. The quantitative estimate of drug-likeness (QED) is 0.661. The molecule has 0 aliphatic rings. The van der Waals surface area contributed by atoms with E-state index in [0.717, 1.165) is 20.1 Å². The largest absolute Gasteiger partial charge is 0.391 e. The molecule has 0 atom stereocenters. The van der Waals surface area contributed by atoms with Crippen molar-refractivity contribution in [3.05, 3.63) is 63.0 Å². The zero-order valence-corrected chi connectivity index (χ0v) is 14.1. The van der Waals surface area contributed by atoms with Crippen molar-refractivity contribution in [2.75, 3.05) is 0 Å². The summed E-state index contributed by atoms with van der Waals surface area (Å²) < 4.78 is 7.38. The molecule has 1 N–H and O–H groups in total. The molecule has 2 aromatic carbocycles. The molecule has 0 saturated carbocycles. The zero-order valence-electron chi connectivity index (χ0n) is 10.9. The van der Waals surface area contributed by atoms with E-state index in [4.69, 9.17) is 4.52 Å². The number of rotatable bonds is 3. The molecule has 0 aliphatic carbocycles. The van der Waals surface area contributed by atoms with Crippen LogP contribution in [-0.4, -0.2) is 10.3 Å². The van der Waals surface area contributed by atoms with Crippen LogP contribution >= 0.6 is 31.9 Å². The number of aliphatic hydroxyl groups is 1. The highest BCUT2D eigenvalue weighted by Gasteiger charge is 2.18. The van der Waals surface area contributed by atoms with E-state index in [0.29, 0.717) is 17.0 Å². The number of hydrogen-bond donors (Lipinski definition) is 1. The van der Waals surface area contributed by atoms with E-state index >= 15 is 0 Å². The molecule has 0 bridgehead atoms. The second-order valence-corrected chi connectivity index (χ2v) is 6.35. The molecular formula is C16H11Br2NO2. The Labute approximate surface area is 138 Å². The van der Waals surface area contributed by atoms with E-state index in [9.17, 15) is 5.11 Å². The summed E-state index contributed by atoms with van der Waals surface area (Å²) in [5, 5.41) is 13.9. The van der Waals surface area contributed by atoms with Crippen LogP contribution in [0.5, 0.6) is 0 Å². The van der Waals surface area contributed by atoms with Crippen LogP contribution in [0.1, 0.15) is 5.56 Å². The molecule has 5 heteroatoms. The normalized spacial score (nSPS) is 10.8. The standard InChI is InChI=1S/C16H11Br2NO2/c17-12-5-1-3-10(7-12)15-14(9-20)16(21-19-15)11-4-2-6-13(18)8-11/h1-8,20H,9H2. The maximum Gasteiger partial charge on any atom is 0.173 e. The van der Waals surface area contributed by atoms with Crippen LogP contribution in [0.25, 0.3) is 22.6 Å². The van der Waals surface area contributed by atoms with Crippen molar-refractivity contribution in [2.24, 2.45) is 0 Å². The summed E-state index contributed by atoms with van der Waals surface area (Å²) in [5.41, 5.74) is 3.13. The van der Waals surface area contributed by atoms with Gasteiger partial charge < -0.3 is 9.63 Å². The lowest BCUT2D eigenvalue weighted by Crippen LogP contribution is -1.89. The van der Waals surface area contributed by atoms with Crippen LogP contribution < -0.4 is 0 Å². The van der Waals surface area contributed by atoms with Gasteiger partial charge in [0, 0.05) is 20.1 Å². The topological polar surface area (TPSA) is 46.3 Å². The summed E-state index contributed by atoms with van der Waals surface area (Å²) in [4.78, 5) is 0. The van der Waals surface area contributed by atoms with Crippen LogP contribution in [0.2, 0.25) is 0 Å². The van der Waals surface area contributed by atoms with Crippen molar-refractivity contribution in [3.8, 4) is 22.6 Å². The third kappa shape index (κ3) is 2.95. The lowest BCUT2D eigenvalue weighted by molar-refractivity contribution is 0.281. The summed E-state index contributed by atoms with van der Waals surface area (Å²) >= 11 is 6.88. The lowest BCUT2D eigenvalue weighted by atomic mass is 10.0. The van der Waals surface area contributed by atoms with Gasteiger partial charge >= 0.3 is 0 Å². The Kier molecular flexibility index (Phi) is 4.24. The number of benzene rings is 2. The zero-order chi connectivity index (χ0) is 14.8. The van der Waals surface area contributed by atoms with E-state index in [1.807, 2.05) is 48.5 Å². The molecule has 1 heterocycles. The Morgan fingerprint density at radius 3 is 2.19 bits per heavy atom. The minimum absolute atomic E-state index is 0.132. The number of halogens is 2. The van der Waals surface area contributed by atoms with Crippen LogP contribution in [0.15, 0.2) is 62.0 Å². The van der Waals surface area contributed by atoms with Crippen molar-refractivity contribution < 1.29 is 9.63 Å². The second kappa shape index (κ2) is 6.13. The average molecular weight is 409 g/mol. The predicted molar refractivity (Wildman–Crippen MR) is 88.7 cm³/mol. The summed E-state index contributed by atoms with van der Waals surface area (Å²) in [7, 11) is 0. The fourth-order valence-electron chi connectivity index (χ4n) is 2.18. The molecule has 0 amide bonds. The van der Waals surface area contributed by atoms with Gasteiger partial charge in [-0.15, -0.1) is 0 Å². The van der Waals surface area contributed by atoms with Gasteiger partial charge in [-0.1, -0.05) is 61.3 Å². The molecule has 21 heavy (non-hydrogen) atoms. The minimum Gasteiger partial charge on any atom is -0.391 e. The highest BCUT2D eigenvalue weighted by Crippen LogP contribution is 2.34. The predicted octanol–water partition coefficient (Wildman–Crippen LogP) is 5.03. The van der Waals surface area contributed by atoms with Gasteiger partial charge in [-0.05, 0) is 24.3 Å². The van der Waals surface area contributed by atoms with Crippen LogP contribution in [0, 0.1) is 0 Å². The van der Waals surface area contributed by atoms with Gasteiger partial charge in [0.25, 0.3) is 0 Å². The molecule has 0 unspecified atom stereocenters. The van der Waals surface area contributed by atoms with Crippen molar-refractivity contribution in [3.63, 3.8) is 0 Å². The molecule has 1 aromatic heterocycles. The Hall–Kier alpha value is -1.43. The first-order chi connectivity index (χ1) is 10.2. The molecule has 0 spiro atoms. The van der Waals surface area contributed by atoms with E-state index < -0.39 is 0 Å². The summed E-state index contributed by atoms with van der Waals surface area (Å²) in [6, 6.07) is 15.5. The van der Waals surface area contributed by atoms with Gasteiger partial charge in [-0.2, -0.15) is 0 Å². The third-order valence-corrected chi connectivity index (χ3v) is 4.12. The molecule has 0 aliphatic heterocycles. The maximum atomic E-state index is 9.73. The first-order valence-corrected chi connectivity index (χ1v) is 7.89. The second-order valence-electron chi connectivity index (χ2n) is 4.52. The van der Waals surface area contributed by atoms with Gasteiger partial charge in [0.15, 0.2) is 5.76 Å². The van der Waals surface area contributed by atoms with Crippen molar-refractivity contribution in [1.29, 1.82) is 0 Å². The van der Waals surface area contributed by atoms with Crippen molar-refractivity contribution in [2.45, 2.75) is 6.61 Å². The Morgan fingerprint density at radius 2 is 1.57 bits per heavy atom. The van der Waals surface area contributed by atoms with E-state index in [1.54, 1.807) is 0 Å². The van der Waals surface area contributed by atoms with Gasteiger partial charge in [0.1, 0.15) is 5.69 Å². The van der Waals surface area contributed by atoms with Gasteiger partial charge in [0.2, 0.25) is 0 Å². The minimum atomic E-state index is -0.132. The first kappa shape index (κ1) is 14.5. The fourth-order valence-corrected chi connectivity index (χ4v) is 2.97. The number of aromatic nitrogens is 1. The molecule has 0 saturated heterocycles. The molecular weight excluding hydrogens is 398 g/mol. The van der Waals surface area contributed by atoms with Gasteiger partial charge in [-0.25, -0.2) is 0 Å². The van der Waals surface area contributed by atoms with Crippen LogP contribution in [0.3, 0.4) is 0 Å². The molecule has 0 fully saturated rings. The number of aliphatic hydroxyl groups excluding tert-OH is 1. The molecule has 0 radical (unpaired) electrons. The van der Waals surface area contributed by atoms with Gasteiger partial charge in [0.05, 0.1) is 12.2 Å². The molecule has 3 rings (SSSR count). The SMILES string of the molecule is OCc1c(-c2cccc(Br)c2)noc1-c1cccc(Br)c1. The van der Waals surface area contributed by atoms with Crippen molar-refractivity contribution >= 4 is 31.9 Å². The van der Waals surface area contributed by atoms with Crippen LogP contribution in [0.4, 0.5) is 0 Å². The van der Waals surface area contributed by atoms with Crippen molar-refractivity contribution in [1.82, 2.24) is 5.16 Å². The van der Waals surface area contributed by atoms with E-state index in [-0.39, 0.29) is 6.61 Å². The lowest BCUT2D eigenvalue weighted by Gasteiger charge is -2.02. The summed E-state index contributed by atoms with van der Waals surface area (Å²) in [5.74, 6) is 0.591. The number of nitrogens with zero attached hydrogens (tertiary/aromatic N) is 1. The molecule has 3 aromatic rings. The Morgan fingerprint density at radius 1 is 0.952 bits per heavy atom. The smallest absolute Gasteiger partial charge is 0.173 e. The number of hydrogen-bond acceptors (Lipinski definition) is 3. The molecule has 3 nitrogen and oxygen atoms in total. The Bertz CT molecular complexity index is 720. The Balaban J connectivity index is 2.13. The van der Waals surface area contributed by atoms with E-state index in [1.165, 1.54) is 0 Å². The summed E-state index contributed by atoms with van der Waals surface area (Å²) in [6.07, 6.45) is 0. The third-order valence-electron chi connectivity index (χ3n) is 3.13. The highest BCUT2D eigenvalue weighted by atomic mass is 79.9. The van der Waals surface area contributed by atoms with Crippen LogP contribution in [-0.2, 0) is 6.61 Å². The fraction of sp³-hybridized carbons (Fsp3) is 0.0625. The summed E-state index contributed by atoms with van der Waals surface area (Å²) in [6.45, 7) is -0.132. The first-order valence-electron chi connectivity index (χ1n) is 6.30.